The first-order chi connectivity index (χ1) is 12.3. The van der Waals surface area contributed by atoms with Crippen molar-refractivity contribution in [2.45, 2.75) is 30.7 Å². The Balaban J connectivity index is 1.59. The van der Waals surface area contributed by atoms with Crippen LogP contribution in [0.3, 0.4) is 0 Å². The summed E-state index contributed by atoms with van der Waals surface area (Å²) in [6.45, 7) is 1.57. The lowest BCUT2D eigenvalue weighted by atomic mass is 10.2. The quantitative estimate of drug-likeness (QED) is 0.692. The molecule has 0 radical (unpaired) electrons. The minimum atomic E-state index is -3.55. The smallest absolute Gasteiger partial charge is 0.243 e. The number of anilines is 2. The fourth-order valence-electron chi connectivity index (χ4n) is 2.32. The third-order valence-corrected chi connectivity index (χ3v) is 5.47. The van der Waals surface area contributed by atoms with Crippen molar-refractivity contribution in [1.29, 1.82) is 0 Å². The van der Waals surface area contributed by atoms with Crippen LogP contribution in [0.1, 0.15) is 18.4 Å². The van der Waals surface area contributed by atoms with Gasteiger partial charge in [-0.2, -0.15) is 0 Å². The summed E-state index contributed by atoms with van der Waals surface area (Å²) in [5.41, 5.74) is 1.37. The fraction of sp³-hybridized carbons (Fsp3) is 0.278. The Morgan fingerprint density at radius 3 is 2.62 bits per heavy atom. The zero-order valence-electron chi connectivity index (χ0n) is 14.3. The van der Waals surface area contributed by atoms with Crippen molar-refractivity contribution < 1.29 is 17.6 Å². The Bertz CT molecular complexity index is 927. The Kier molecular flexibility index (Phi) is 5.24. The fourth-order valence-corrected chi connectivity index (χ4v) is 3.67. The van der Waals surface area contributed by atoms with Gasteiger partial charge in [0.2, 0.25) is 15.9 Å². The van der Waals surface area contributed by atoms with Crippen LogP contribution >= 0.6 is 0 Å². The monoisotopic (exact) mass is 377 g/mol. The van der Waals surface area contributed by atoms with E-state index in [4.69, 9.17) is 0 Å². The van der Waals surface area contributed by atoms with Crippen LogP contribution < -0.4 is 15.4 Å². The number of sulfonamides is 1. The molecule has 0 aromatic heterocycles. The molecule has 0 heterocycles. The SMILES string of the molecule is Cc1ccc(NC(=O)CNc2cccc(S(=O)(=O)NC3CC3)c2)cc1F. The Hall–Kier alpha value is -2.45. The largest absolute Gasteiger partial charge is 0.376 e. The lowest BCUT2D eigenvalue weighted by Crippen LogP contribution is -2.26. The predicted octanol–water partition coefficient (Wildman–Crippen LogP) is 2.63. The van der Waals surface area contributed by atoms with Crippen LogP contribution in [0.15, 0.2) is 47.4 Å². The second-order valence-corrected chi connectivity index (χ2v) is 8.00. The molecule has 0 saturated heterocycles. The predicted molar refractivity (Wildman–Crippen MR) is 98.0 cm³/mol. The molecule has 0 spiro atoms. The maximum Gasteiger partial charge on any atom is 0.243 e. The molecule has 0 aliphatic heterocycles. The molecule has 1 amide bonds. The van der Waals surface area contributed by atoms with Gasteiger partial charge in [-0.05, 0) is 55.7 Å². The average Bonchev–Trinajstić information content (AvgIpc) is 3.40. The van der Waals surface area contributed by atoms with Crippen molar-refractivity contribution >= 4 is 27.3 Å². The molecule has 1 saturated carbocycles. The van der Waals surface area contributed by atoms with E-state index in [1.807, 2.05) is 0 Å². The second kappa shape index (κ2) is 7.43. The standard InChI is InChI=1S/C18H20FN3O3S/c1-12-5-6-15(10-17(12)19)21-18(23)11-20-14-3-2-4-16(9-14)26(24,25)22-13-7-8-13/h2-6,9-10,13,20,22H,7-8,11H2,1H3,(H,21,23). The minimum Gasteiger partial charge on any atom is -0.376 e. The lowest BCUT2D eigenvalue weighted by Gasteiger charge is -2.10. The zero-order chi connectivity index (χ0) is 18.7. The van der Waals surface area contributed by atoms with Gasteiger partial charge in [0.1, 0.15) is 5.82 Å². The highest BCUT2D eigenvalue weighted by Gasteiger charge is 2.28. The van der Waals surface area contributed by atoms with Gasteiger partial charge in [0.25, 0.3) is 0 Å². The van der Waals surface area contributed by atoms with Gasteiger partial charge in [0.15, 0.2) is 0 Å². The number of nitrogens with one attached hydrogen (secondary N) is 3. The van der Waals surface area contributed by atoms with Crippen LogP contribution in [0.25, 0.3) is 0 Å². The van der Waals surface area contributed by atoms with Crippen LogP contribution in [-0.2, 0) is 14.8 Å². The van der Waals surface area contributed by atoms with Crippen molar-refractivity contribution in [3.8, 4) is 0 Å². The average molecular weight is 377 g/mol. The molecule has 26 heavy (non-hydrogen) atoms. The third kappa shape index (κ3) is 4.80. The summed E-state index contributed by atoms with van der Waals surface area (Å²) in [4.78, 5) is 12.1. The number of carbonyl (C=O) groups is 1. The summed E-state index contributed by atoms with van der Waals surface area (Å²) in [6, 6.07) is 10.7. The zero-order valence-corrected chi connectivity index (χ0v) is 15.1. The van der Waals surface area contributed by atoms with Crippen molar-refractivity contribution in [3.05, 3.63) is 53.8 Å². The van der Waals surface area contributed by atoms with Crippen LogP contribution in [0.4, 0.5) is 15.8 Å². The van der Waals surface area contributed by atoms with E-state index in [1.54, 1.807) is 31.2 Å². The van der Waals surface area contributed by atoms with Gasteiger partial charge in [-0.1, -0.05) is 12.1 Å². The highest BCUT2D eigenvalue weighted by molar-refractivity contribution is 7.89. The third-order valence-electron chi connectivity index (χ3n) is 3.95. The number of halogens is 1. The second-order valence-electron chi connectivity index (χ2n) is 6.29. The van der Waals surface area contributed by atoms with E-state index in [0.29, 0.717) is 16.9 Å². The molecule has 1 aliphatic rings. The van der Waals surface area contributed by atoms with Gasteiger partial charge in [-0.15, -0.1) is 0 Å². The van der Waals surface area contributed by atoms with Crippen LogP contribution in [0, 0.1) is 12.7 Å². The molecule has 0 unspecified atom stereocenters. The molecule has 3 N–H and O–H groups in total. The lowest BCUT2D eigenvalue weighted by molar-refractivity contribution is -0.114. The first kappa shape index (κ1) is 18.3. The number of benzene rings is 2. The minimum absolute atomic E-state index is 0.0253. The Morgan fingerprint density at radius 1 is 1.15 bits per heavy atom. The summed E-state index contributed by atoms with van der Waals surface area (Å²) in [7, 11) is -3.55. The normalized spacial score (nSPS) is 14.1. The van der Waals surface area contributed by atoms with E-state index in [-0.39, 0.29) is 23.4 Å². The van der Waals surface area contributed by atoms with E-state index in [0.717, 1.165) is 12.8 Å². The number of carbonyl (C=O) groups excluding carboxylic acids is 1. The molecule has 1 aliphatic carbocycles. The van der Waals surface area contributed by atoms with Crippen LogP contribution in [-0.4, -0.2) is 26.9 Å². The van der Waals surface area contributed by atoms with Crippen molar-refractivity contribution in [1.82, 2.24) is 4.72 Å². The summed E-state index contributed by atoms with van der Waals surface area (Å²) in [5.74, 6) is -0.755. The molecular formula is C18H20FN3O3S. The Labute approximate surface area is 151 Å². The first-order valence-electron chi connectivity index (χ1n) is 8.26. The van der Waals surface area contributed by atoms with Gasteiger partial charge < -0.3 is 10.6 Å². The van der Waals surface area contributed by atoms with Crippen molar-refractivity contribution in [3.63, 3.8) is 0 Å². The molecule has 0 bridgehead atoms. The van der Waals surface area contributed by atoms with E-state index in [2.05, 4.69) is 15.4 Å². The molecule has 138 valence electrons. The first-order valence-corrected chi connectivity index (χ1v) is 9.74. The number of rotatable bonds is 7. The van der Waals surface area contributed by atoms with E-state index in [1.165, 1.54) is 18.2 Å². The molecule has 2 aromatic carbocycles. The van der Waals surface area contributed by atoms with Crippen molar-refractivity contribution in [2.75, 3.05) is 17.2 Å². The van der Waals surface area contributed by atoms with Gasteiger partial charge in [-0.3, -0.25) is 4.79 Å². The maximum atomic E-state index is 13.5. The van der Waals surface area contributed by atoms with Crippen LogP contribution in [0.2, 0.25) is 0 Å². The number of amides is 1. The summed E-state index contributed by atoms with van der Waals surface area (Å²) in [5, 5.41) is 5.46. The molecular weight excluding hydrogens is 357 g/mol. The molecule has 1 fully saturated rings. The number of hydrogen-bond acceptors (Lipinski definition) is 4. The van der Waals surface area contributed by atoms with Gasteiger partial charge in [0, 0.05) is 17.4 Å². The van der Waals surface area contributed by atoms with Gasteiger partial charge in [0.05, 0.1) is 11.4 Å². The Morgan fingerprint density at radius 2 is 1.92 bits per heavy atom. The number of aryl methyl sites for hydroxylation is 1. The van der Waals surface area contributed by atoms with E-state index < -0.39 is 15.8 Å². The molecule has 3 rings (SSSR count). The summed E-state index contributed by atoms with van der Waals surface area (Å²) >= 11 is 0. The molecule has 6 nitrogen and oxygen atoms in total. The molecule has 0 atom stereocenters. The number of hydrogen-bond donors (Lipinski definition) is 3. The van der Waals surface area contributed by atoms with Gasteiger partial charge >= 0.3 is 0 Å². The maximum absolute atomic E-state index is 13.5. The summed E-state index contributed by atoms with van der Waals surface area (Å²) < 4.78 is 40.6. The van der Waals surface area contributed by atoms with Crippen molar-refractivity contribution in [2.24, 2.45) is 0 Å². The molecule has 8 heteroatoms. The van der Waals surface area contributed by atoms with Crippen LogP contribution in [0.5, 0.6) is 0 Å². The summed E-state index contributed by atoms with van der Waals surface area (Å²) in [6.07, 6.45) is 1.72. The molecule has 2 aromatic rings. The topological polar surface area (TPSA) is 87.3 Å². The van der Waals surface area contributed by atoms with E-state index in [9.17, 15) is 17.6 Å². The highest BCUT2D eigenvalue weighted by atomic mass is 32.2. The van der Waals surface area contributed by atoms with E-state index >= 15 is 0 Å². The highest BCUT2D eigenvalue weighted by Crippen LogP contribution is 2.23. The van der Waals surface area contributed by atoms with Gasteiger partial charge in [-0.25, -0.2) is 17.5 Å².